The van der Waals surface area contributed by atoms with Gasteiger partial charge in [0.15, 0.2) is 0 Å². The van der Waals surface area contributed by atoms with Crippen LogP contribution in [0.15, 0.2) is 0 Å². The van der Waals surface area contributed by atoms with Crippen molar-refractivity contribution in [3.8, 4) is 0 Å². The third kappa shape index (κ3) is 4.64. The molecule has 86 valence electrons. The van der Waals surface area contributed by atoms with Crippen molar-refractivity contribution in [2.24, 2.45) is 5.73 Å². The van der Waals surface area contributed by atoms with E-state index in [-0.39, 0.29) is 11.9 Å². The largest absolute Gasteiger partial charge is 0.353 e. The second-order valence-corrected chi connectivity index (χ2v) is 3.58. The molecule has 5 N–H and O–H groups in total. The molecule has 0 aromatic heterocycles. The summed E-state index contributed by atoms with van der Waals surface area (Å²) in [6.45, 7) is 1.69. The van der Waals surface area contributed by atoms with Gasteiger partial charge in [0.05, 0.1) is 6.04 Å². The highest BCUT2D eigenvalue weighted by atomic mass is 16.2. The Morgan fingerprint density at radius 1 is 1.27 bits per heavy atom. The molecule has 6 heteroatoms. The minimum Gasteiger partial charge on any atom is -0.353 e. The number of urea groups is 1. The number of nitrogens with one attached hydrogen (secondary N) is 3. The van der Waals surface area contributed by atoms with Gasteiger partial charge in [-0.15, -0.1) is 0 Å². The molecule has 1 saturated heterocycles. The fraction of sp³-hybridized carbons (Fsp3) is 0.778. The highest BCUT2D eigenvalue weighted by molar-refractivity contribution is 5.81. The molecule has 0 aromatic rings. The van der Waals surface area contributed by atoms with E-state index in [4.69, 9.17) is 5.73 Å². The van der Waals surface area contributed by atoms with Crippen molar-refractivity contribution in [1.82, 2.24) is 16.0 Å². The van der Waals surface area contributed by atoms with Crippen molar-refractivity contribution >= 4 is 11.9 Å². The normalized spacial score (nSPS) is 20.7. The quantitative estimate of drug-likeness (QED) is 0.448. The van der Waals surface area contributed by atoms with Gasteiger partial charge in [0, 0.05) is 13.1 Å². The van der Waals surface area contributed by atoms with Crippen LogP contribution < -0.4 is 21.7 Å². The van der Waals surface area contributed by atoms with Crippen LogP contribution in [0.1, 0.15) is 19.3 Å². The van der Waals surface area contributed by atoms with Gasteiger partial charge in [-0.3, -0.25) is 4.79 Å². The fourth-order valence-corrected chi connectivity index (χ4v) is 1.57. The van der Waals surface area contributed by atoms with Crippen LogP contribution in [-0.4, -0.2) is 37.6 Å². The molecule has 1 fully saturated rings. The molecule has 1 atom stereocenters. The molecule has 1 rings (SSSR count). The SMILES string of the molecule is NC(=O)NCCNC(=O)[C@@H]1CCCCN1. The van der Waals surface area contributed by atoms with Gasteiger partial charge in [-0.2, -0.15) is 0 Å². The molecule has 15 heavy (non-hydrogen) atoms. The fourth-order valence-electron chi connectivity index (χ4n) is 1.57. The van der Waals surface area contributed by atoms with Crippen LogP contribution in [0.2, 0.25) is 0 Å². The Morgan fingerprint density at radius 2 is 2.00 bits per heavy atom. The van der Waals surface area contributed by atoms with Crippen molar-refractivity contribution < 1.29 is 9.59 Å². The van der Waals surface area contributed by atoms with Crippen molar-refractivity contribution in [3.05, 3.63) is 0 Å². The summed E-state index contributed by atoms with van der Waals surface area (Å²) in [4.78, 5) is 21.9. The Hall–Kier alpha value is -1.30. The van der Waals surface area contributed by atoms with E-state index < -0.39 is 6.03 Å². The van der Waals surface area contributed by atoms with E-state index in [1.165, 1.54) is 0 Å². The van der Waals surface area contributed by atoms with Crippen LogP contribution in [0.3, 0.4) is 0 Å². The zero-order valence-electron chi connectivity index (χ0n) is 8.71. The second kappa shape index (κ2) is 6.23. The number of rotatable bonds is 4. The Labute approximate surface area is 89.0 Å². The maximum atomic E-state index is 11.5. The smallest absolute Gasteiger partial charge is 0.312 e. The minimum absolute atomic E-state index is 0.000899. The predicted molar refractivity (Wildman–Crippen MR) is 56.2 cm³/mol. The first-order chi connectivity index (χ1) is 7.20. The number of piperidine rings is 1. The minimum atomic E-state index is -0.569. The number of hydrogen-bond donors (Lipinski definition) is 4. The van der Waals surface area contributed by atoms with Gasteiger partial charge in [-0.05, 0) is 19.4 Å². The molecule has 6 nitrogen and oxygen atoms in total. The van der Waals surface area contributed by atoms with E-state index in [1.54, 1.807) is 0 Å². The number of amides is 3. The van der Waals surface area contributed by atoms with Crippen molar-refractivity contribution in [3.63, 3.8) is 0 Å². The lowest BCUT2D eigenvalue weighted by Gasteiger charge is -2.22. The van der Waals surface area contributed by atoms with Crippen LogP contribution >= 0.6 is 0 Å². The molecule has 0 aliphatic carbocycles. The summed E-state index contributed by atoms with van der Waals surface area (Å²) >= 11 is 0. The predicted octanol–water partition coefficient (Wildman–Crippen LogP) is -1.09. The molecule has 0 unspecified atom stereocenters. The zero-order chi connectivity index (χ0) is 11.1. The summed E-state index contributed by atoms with van der Waals surface area (Å²) in [7, 11) is 0. The van der Waals surface area contributed by atoms with Crippen LogP contribution in [0.4, 0.5) is 4.79 Å². The lowest BCUT2D eigenvalue weighted by Crippen LogP contribution is -2.48. The van der Waals surface area contributed by atoms with Gasteiger partial charge in [0.1, 0.15) is 0 Å². The summed E-state index contributed by atoms with van der Waals surface area (Å²) in [6.07, 6.45) is 3.10. The first kappa shape index (κ1) is 11.8. The highest BCUT2D eigenvalue weighted by Gasteiger charge is 2.19. The van der Waals surface area contributed by atoms with Crippen LogP contribution in [-0.2, 0) is 4.79 Å². The number of hydrogen-bond acceptors (Lipinski definition) is 3. The van der Waals surface area contributed by atoms with E-state index in [9.17, 15) is 9.59 Å². The summed E-state index contributed by atoms with van der Waals surface area (Å²) < 4.78 is 0. The Kier molecular flexibility index (Phi) is 4.89. The summed E-state index contributed by atoms with van der Waals surface area (Å²) in [5.74, 6) is 0.000899. The summed E-state index contributed by atoms with van der Waals surface area (Å²) in [5.41, 5.74) is 4.88. The van der Waals surface area contributed by atoms with Crippen molar-refractivity contribution in [2.75, 3.05) is 19.6 Å². The molecule has 3 amide bonds. The van der Waals surface area contributed by atoms with Gasteiger partial charge in [0.2, 0.25) is 5.91 Å². The van der Waals surface area contributed by atoms with Crippen molar-refractivity contribution in [1.29, 1.82) is 0 Å². The molecule has 1 aliphatic rings. The van der Waals surface area contributed by atoms with E-state index >= 15 is 0 Å². The van der Waals surface area contributed by atoms with E-state index in [0.717, 1.165) is 25.8 Å². The van der Waals surface area contributed by atoms with Crippen LogP contribution in [0.5, 0.6) is 0 Å². The first-order valence-electron chi connectivity index (χ1n) is 5.24. The molecule has 0 radical (unpaired) electrons. The maximum Gasteiger partial charge on any atom is 0.312 e. The number of carbonyl (C=O) groups is 2. The Balaban J connectivity index is 2.09. The van der Waals surface area contributed by atoms with E-state index in [0.29, 0.717) is 13.1 Å². The van der Waals surface area contributed by atoms with Gasteiger partial charge in [0.25, 0.3) is 0 Å². The molecule has 1 heterocycles. The third-order valence-corrected chi connectivity index (χ3v) is 2.35. The zero-order valence-corrected chi connectivity index (χ0v) is 8.71. The Morgan fingerprint density at radius 3 is 2.60 bits per heavy atom. The van der Waals surface area contributed by atoms with Gasteiger partial charge < -0.3 is 21.7 Å². The standard InChI is InChI=1S/C9H18N4O2/c10-9(15)13-6-5-12-8(14)7-3-1-2-4-11-7/h7,11H,1-6H2,(H,12,14)(H3,10,13,15)/t7-/m0/s1. The monoisotopic (exact) mass is 214 g/mol. The lowest BCUT2D eigenvalue weighted by atomic mass is 10.0. The summed E-state index contributed by atoms with van der Waals surface area (Å²) in [6, 6.07) is -0.646. The number of nitrogens with two attached hydrogens (primary N) is 1. The second-order valence-electron chi connectivity index (χ2n) is 3.58. The van der Waals surface area contributed by atoms with Gasteiger partial charge in [-0.25, -0.2) is 4.79 Å². The van der Waals surface area contributed by atoms with Crippen LogP contribution in [0, 0.1) is 0 Å². The average Bonchev–Trinajstić information content (AvgIpc) is 2.25. The Bertz CT molecular complexity index is 226. The molecule has 1 aliphatic heterocycles. The van der Waals surface area contributed by atoms with E-state index in [1.807, 2.05) is 0 Å². The number of primary amides is 1. The van der Waals surface area contributed by atoms with Gasteiger partial charge in [-0.1, -0.05) is 6.42 Å². The van der Waals surface area contributed by atoms with Crippen molar-refractivity contribution in [2.45, 2.75) is 25.3 Å². The third-order valence-electron chi connectivity index (χ3n) is 2.35. The maximum absolute atomic E-state index is 11.5. The highest BCUT2D eigenvalue weighted by Crippen LogP contribution is 2.06. The molecular formula is C9H18N4O2. The van der Waals surface area contributed by atoms with Crippen LogP contribution in [0.25, 0.3) is 0 Å². The first-order valence-corrected chi connectivity index (χ1v) is 5.24. The molecule has 0 saturated carbocycles. The molecule has 0 spiro atoms. The molecule has 0 aromatic carbocycles. The summed E-state index contributed by atoms with van der Waals surface area (Å²) in [5, 5.41) is 8.29. The number of carbonyl (C=O) groups excluding carboxylic acids is 2. The lowest BCUT2D eigenvalue weighted by molar-refractivity contribution is -0.123. The molecular weight excluding hydrogens is 196 g/mol. The molecule has 0 bridgehead atoms. The average molecular weight is 214 g/mol. The van der Waals surface area contributed by atoms with E-state index in [2.05, 4.69) is 16.0 Å². The van der Waals surface area contributed by atoms with Gasteiger partial charge >= 0.3 is 6.03 Å². The topological polar surface area (TPSA) is 96.2 Å².